The van der Waals surface area contributed by atoms with E-state index in [0.29, 0.717) is 38.8 Å². The van der Waals surface area contributed by atoms with Gasteiger partial charge in [0.15, 0.2) is 0 Å². The number of H-pyrrole nitrogens is 1. The van der Waals surface area contributed by atoms with E-state index >= 15 is 0 Å². The summed E-state index contributed by atoms with van der Waals surface area (Å²) in [5, 5.41) is 3.44. The van der Waals surface area contributed by atoms with Crippen molar-refractivity contribution < 1.29 is 9.53 Å². The van der Waals surface area contributed by atoms with Crippen molar-refractivity contribution >= 4 is 39.2 Å². The standard InChI is InChI=1S/C22H25N3O3S2/c1-12-6-7-13(2)16(9-12)29-11-17-24-20(26)18-14(3)19(30-22(18)25-17)21(27)23-10-15-5-4-8-28-15/h6-7,9,15H,4-5,8,10-11H2,1-3H3,(H,23,27)(H,24,25,26)/t15-/m0/s1. The molecule has 1 aromatic carbocycles. The number of nitrogens with one attached hydrogen (secondary N) is 2. The highest BCUT2D eigenvalue weighted by atomic mass is 32.2. The number of benzene rings is 1. The number of aromatic nitrogens is 2. The monoisotopic (exact) mass is 443 g/mol. The summed E-state index contributed by atoms with van der Waals surface area (Å²) < 4.78 is 5.56. The van der Waals surface area contributed by atoms with Crippen molar-refractivity contribution in [2.75, 3.05) is 13.2 Å². The molecule has 1 fully saturated rings. The minimum absolute atomic E-state index is 0.0823. The Morgan fingerprint density at radius 3 is 2.97 bits per heavy atom. The van der Waals surface area contributed by atoms with E-state index in [1.54, 1.807) is 18.7 Å². The van der Waals surface area contributed by atoms with Crippen LogP contribution in [0.4, 0.5) is 0 Å². The van der Waals surface area contributed by atoms with E-state index in [1.165, 1.54) is 27.4 Å². The molecule has 3 aromatic rings. The molecule has 1 amide bonds. The molecule has 0 radical (unpaired) electrons. The third-order valence-electron chi connectivity index (χ3n) is 5.28. The number of nitrogens with zero attached hydrogens (tertiary/aromatic N) is 1. The third kappa shape index (κ3) is 4.45. The number of amides is 1. The van der Waals surface area contributed by atoms with Crippen molar-refractivity contribution in [1.29, 1.82) is 0 Å². The van der Waals surface area contributed by atoms with E-state index in [0.717, 1.165) is 19.4 Å². The summed E-state index contributed by atoms with van der Waals surface area (Å²) in [6.07, 6.45) is 2.08. The van der Waals surface area contributed by atoms with Crippen molar-refractivity contribution in [3.63, 3.8) is 0 Å². The molecule has 3 heterocycles. The van der Waals surface area contributed by atoms with Gasteiger partial charge in [0, 0.05) is 18.0 Å². The van der Waals surface area contributed by atoms with E-state index in [1.807, 2.05) is 0 Å². The van der Waals surface area contributed by atoms with Crippen LogP contribution < -0.4 is 10.9 Å². The number of carbonyl (C=O) groups excluding carboxylic acids is 1. The number of carbonyl (C=O) groups is 1. The van der Waals surface area contributed by atoms with Gasteiger partial charge in [-0.2, -0.15) is 0 Å². The van der Waals surface area contributed by atoms with Gasteiger partial charge in [-0.15, -0.1) is 23.1 Å². The fourth-order valence-corrected chi connectivity index (χ4v) is 5.69. The second-order valence-corrected chi connectivity index (χ2v) is 9.67. The molecule has 8 heteroatoms. The highest BCUT2D eigenvalue weighted by molar-refractivity contribution is 7.98. The van der Waals surface area contributed by atoms with Crippen LogP contribution in [-0.4, -0.2) is 35.1 Å². The van der Waals surface area contributed by atoms with Gasteiger partial charge in [0.05, 0.1) is 22.1 Å². The van der Waals surface area contributed by atoms with Crippen molar-refractivity contribution in [1.82, 2.24) is 15.3 Å². The minimum Gasteiger partial charge on any atom is -0.376 e. The molecular formula is C22H25N3O3S2. The lowest BCUT2D eigenvalue weighted by molar-refractivity contribution is 0.0860. The lowest BCUT2D eigenvalue weighted by Crippen LogP contribution is -2.31. The molecule has 1 aliphatic rings. The average molecular weight is 444 g/mol. The van der Waals surface area contributed by atoms with Crippen LogP contribution in [0.25, 0.3) is 10.2 Å². The molecule has 6 nitrogen and oxygen atoms in total. The number of hydrogen-bond acceptors (Lipinski definition) is 6. The highest BCUT2D eigenvalue weighted by Crippen LogP contribution is 2.29. The number of rotatable bonds is 6. The van der Waals surface area contributed by atoms with Gasteiger partial charge >= 0.3 is 0 Å². The molecule has 0 unspecified atom stereocenters. The van der Waals surface area contributed by atoms with Gasteiger partial charge in [0.25, 0.3) is 11.5 Å². The van der Waals surface area contributed by atoms with E-state index in [2.05, 4.69) is 47.3 Å². The SMILES string of the molecule is Cc1ccc(C)c(SCc2nc3sc(C(=O)NC[C@@H]4CCCO4)c(C)c3c(=O)[nH]2)c1. The predicted molar refractivity (Wildman–Crippen MR) is 122 cm³/mol. The number of aromatic amines is 1. The molecule has 0 saturated carbocycles. The maximum Gasteiger partial charge on any atom is 0.261 e. The molecule has 2 aromatic heterocycles. The average Bonchev–Trinajstić information content (AvgIpc) is 3.35. The maximum atomic E-state index is 12.7. The Morgan fingerprint density at radius 2 is 2.20 bits per heavy atom. The first-order chi connectivity index (χ1) is 14.4. The number of thiophene rings is 1. The molecule has 4 rings (SSSR count). The molecule has 30 heavy (non-hydrogen) atoms. The number of thioether (sulfide) groups is 1. The Morgan fingerprint density at radius 1 is 1.37 bits per heavy atom. The summed E-state index contributed by atoms with van der Waals surface area (Å²) in [5.74, 6) is 1.01. The molecule has 2 N–H and O–H groups in total. The Labute approximate surface area is 183 Å². The van der Waals surface area contributed by atoms with E-state index in [-0.39, 0.29) is 17.6 Å². The molecule has 0 aliphatic carbocycles. The van der Waals surface area contributed by atoms with Crippen LogP contribution in [0.15, 0.2) is 27.9 Å². The zero-order valence-corrected chi connectivity index (χ0v) is 19.0. The van der Waals surface area contributed by atoms with Crippen LogP contribution in [0, 0.1) is 20.8 Å². The Hall–Kier alpha value is -2.16. The summed E-state index contributed by atoms with van der Waals surface area (Å²) >= 11 is 2.93. The molecule has 0 spiro atoms. The first-order valence-corrected chi connectivity index (χ1v) is 11.8. The molecular weight excluding hydrogens is 418 g/mol. The van der Waals surface area contributed by atoms with E-state index in [4.69, 9.17) is 4.74 Å². The zero-order valence-electron chi connectivity index (χ0n) is 17.3. The number of hydrogen-bond donors (Lipinski definition) is 2. The van der Waals surface area contributed by atoms with Gasteiger partial charge in [-0.05, 0) is 50.8 Å². The van der Waals surface area contributed by atoms with Crippen molar-refractivity contribution in [3.05, 3.63) is 55.9 Å². The molecule has 1 aliphatic heterocycles. The van der Waals surface area contributed by atoms with Gasteiger partial charge in [0.2, 0.25) is 0 Å². The van der Waals surface area contributed by atoms with Crippen LogP contribution in [0.3, 0.4) is 0 Å². The molecule has 1 saturated heterocycles. The summed E-state index contributed by atoms with van der Waals surface area (Å²) in [6.45, 7) is 7.20. The first-order valence-electron chi connectivity index (χ1n) is 10.0. The Bertz CT molecular complexity index is 1150. The number of fused-ring (bicyclic) bond motifs is 1. The molecule has 0 bridgehead atoms. The Kier molecular flexibility index (Phi) is 6.26. The zero-order chi connectivity index (χ0) is 21.3. The van der Waals surface area contributed by atoms with Crippen molar-refractivity contribution in [2.24, 2.45) is 0 Å². The first kappa shape index (κ1) is 21.1. The van der Waals surface area contributed by atoms with Gasteiger partial charge < -0.3 is 15.0 Å². The second-order valence-electron chi connectivity index (χ2n) is 7.65. The van der Waals surface area contributed by atoms with Crippen LogP contribution >= 0.6 is 23.1 Å². The summed E-state index contributed by atoms with van der Waals surface area (Å²) in [7, 11) is 0. The van der Waals surface area contributed by atoms with Crippen LogP contribution in [0.2, 0.25) is 0 Å². The topological polar surface area (TPSA) is 84.1 Å². The predicted octanol–water partition coefficient (Wildman–Crippen LogP) is 4.11. The van der Waals surface area contributed by atoms with Crippen LogP contribution in [-0.2, 0) is 10.5 Å². The number of aryl methyl sites for hydroxylation is 3. The summed E-state index contributed by atoms with van der Waals surface area (Å²) in [6, 6.07) is 6.33. The fourth-order valence-electron chi connectivity index (χ4n) is 3.57. The lowest BCUT2D eigenvalue weighted by atomic mass is 10.2. The van der Waals surface area contributed by atoms with Gasteiger partial charge in [-0.1, -0.05) is 17.7 Å². The second kappa shape index (κ2) is 8.91. The fraction of sp³-hybridized carbons (Fsp3) is 0.409. The van der Waals surface area contributed by atoms with Gasteiger partial charge in [-0.25, -0.2) is 4.98 Å². The van der Waals surface area contributed by atoms with Crippen LogP contribution in [0.5, 0.6) is 0 Å². The Balaban J connectivity index is 1.53. The van der Waals surface area contributed by atoms with Gasteiger partial charge in [0.1, 0.15) is 10.7 Å². The number of ether oxygens (including phenoxy) is 1. The largest absolute Gasteiger partial charge is 0.376 e. The van der Waals surface area contributed by atoms with Gasteiger partial charge in [-0.3, -0.25) is 9.59 Å². The van der Waals surface area contributed by atoms with E-state index in [9.17, 15) is 9.59 Å². The highest BCUT2D eigenvalue weighted by Gasteiger charge is 2.21. The normalized spacial score (nSPS) is 16.3. The minimum atomic E-state index is -0.191. The summed E-state index contributed by atoms with van der Waals surface area (Å²) in [5.41, 5.74) is 2.89. The van der Waals surface area contributed by atoms with E-state index < -0.39 is 0 Å². The van der Waals surface area contributed by atoms with Crippen molar-refractivity contribution in [2.45, 2.75) is 50.4 Å². The van der Waals surface area contributed by atoms with Crippen LogP contribution in [0.1, 0.15) is 45.0 Å². The molecule has 158 valence electrons. The maximum absolute atomic E-state index is 12.7. The lowest BCUT2D eigenvalue weighted by Gasteiger charge is -2.10. The quantitative estimate of drug-likeness (QED) is 0.560. The molecule has 1 atom stereocenters. The third-order valence-corrected chi connectivity index (χ3v) is 7.63. The summed E-state index contributed by atoms with van der Waals surface area (Å²) in [4.78, 5) is 35.2. The smallest absolute Gasteiger partial charge is 0.261 e. The van der Waals surface area contributed by atoms with Crippen molar-refractivity contribution in [3.8, 4) is 0 Å².